The number of H-pyrrole nitrogens is 1. The van der Waals surface area contributed by atoms with Crippen LogP contribution in [0.2, 0.25) is 5.02 Å². The molecule has 9 heteroatoms. The van der Waals surface area contributed by atoms with Crippen molar-refractivity contribution in [2.45, 2.75) is 6.18 Å². The molecular weight excluding hydrogens is 431 g/mol. The normalized spacial score (nSPS) is 12.2. The average Bonchev–Trinajstić information content (AvgIpc) is 3.20. The zero-order valence-corrected chi connectivity index (χ0v) is 16.3. The summed E-state index contributed by atoms with van der Waals surface area (Å²) in [6.07, 6.45) is -3.13. The number of halogens is 4. The lowest BCUT2D eigenvalue weighted by Gasteiger charge is -2.07. The molecule has 2 aromatic carbocycles. The number of nitrogens with one attached hydrogen (secondary N) is 1. The highest BCUT2D eigenvalue weighted by Crippen LogP contribution is 2.33. The number of aromatic amines is 1. The molecule has 2 aromatic heterocycles. The van der Waals surface area contributed by atoms with E-state index in [9.17, 15) is 23.2 Å². The Hall–Kier alpha value is -3.83. The predicted octanol–water partition coefficient (Wildman–Crippen LogP) is 5.92. The lowest BCUT2D eigenvalue weighted by Crippen LogP contribution is -2.11. The van der Waals surface area contributed by atoms with Crippen molar-refractivity contribution in [2.75, 3.05) is 0 Å². The second kappa shape index (κ2) is 7.78. The minimum absolute atomic E-state index is 0.0129. The van der Waals surface area contributed by atoms with Gasteiger partial charge in [0, 0.05) is 16.7 Å². The van der Waals surface area contributed by atoms with Gasteiger partial charge in [0.2, 0.25) is 0 Å². The summed E-state index contributed by atoms with van der Waals surface area (Å²) in [4.78, 5) is 19.1. The van der Waals surface area contributed by atoms with Crippen LogP contribution < -0.4 is 5.56 Å². The summed E-state index contributed by atoms with van der Waals surface area (Å²) in [5.74, 6) is 0.436. The van der Waals surface area contributed by atoms with Gasteiger partial charge in [-0.05, 0) is 42.5 Å². The molecule has 0 unspecified atom stereocenters. The monoisotopic (exact) mass is 441 g/mol. The summed E-state index contributed by atoms with van der Waals surface area (Å²) in [5.41, 5.74) is -0.656. The third-order valence-corrected chi connectivity index (χ3v) is 4.67. The second-order valence-electron chi connectivity index (χ2n) is 6.53. The standard InChI is InChI=1S/C22H11ClF3N3O2/c23-15-4-6-18-17(10-15)21(30)29-20(28-18)13(11-27)9-16-5-7-19(31-16)12-2-1-3-14(8-12)22(24,25)26/h1-10H,(H,28,29,30). The Morgan fingerprint density at radius 2 is 1.97 bits per heavy atom. The highest BCUT2D eigenvalue weighted by molar-refractivity contribution is 6.31. The van der Waals surface area contributed by atoms with Crippen molar-refractivity contribution in [2.24, 2.45) is 0 Å². The number of fused-ring (bicyclic) bond motifs is 1. The van der Waals surface area contributed by atoms with Crippen LogP contribution in [0.25, 0.3) is 33.9 Å². The van der Waals surface area contributed by atoms with Crippen molar-refractivity contribution < 1.29 is 17.6 Å². The second-order valence-corrected chi connectivity index (χ2v) is 6.96. The molecule has 0 bridgehead atoms. The molecule has 4 rings (SSSR count). The van der Waals surface area contributed by atoms with Crippen LogP contribution in [-0.4, -0.2) is 9.97 Å². The summed E-state index contributed by atoms with van der Waals surface area (Å²) >= 11 is 5.90. The van der Waals surface area contributed by atoms with Crippen LogP contribution in [0.3, 0.4) is 0 Å². The molecule has 2 heterocycles. The molecule has 0 radical (unpaired) electrons. The molecule has 0 spiro atoms. The molecule has 154 valence electrons. The molecule has 0 saturated heterocycles. The van der Waals surface area contributed by atoms with E-state index in [4.69, 9.17) is 16.0 Å². The Labute approximate surface area is 178 Å². The van der Waals surface area contributed by atoms with Gasteiger partial charge in [0.1, 0.15) is 17.6 Å². The molecular formula is C22H11ClF3N3O2. The van der Waals surface area contributed by atoms with Crippen molar-refractivity contribution in [3.63, 3.8) is 0 Å². The van der Waals surface area contributed by atoms with Gasteiger partial charge in [0.05, 0.1) is 22.0 Å². The van der Waals surface area contributed by atoms with E-state index in [2.05, 4.69) is 9.97 Å². The predicted molar refractivity (Wildman–Crippen MR) is 110 cm³/mol. The molecule has 0 aliphatic carbocycles. The van der Waals surface area contributed by atoms with E-state index in [1.165, 1.54) is 36.4 Å². The number of aromatic nitrogens is 2. The Balaban J connectivity index is 1.72. The van der Waals surface area contributed by atoms with E-state index >= 15 is 0 Å². The van der Waals surface area contributed by atoms with Crippen molar-refractivity contribution in [1.29, 1.82) is 5.26 Å². The lowest BCUT2D eigenvalue weighted by atomic mass is 10.1. The Morgan fingerprint density at radius 3 is 2.71 bits per heavy atom. The first-order valence-electron chi connectivity index (χ1n) is 8.84. The number of allylic oxidation sites excluding steroid dienone is 1. The van der Waals surface area contributed by atoms with Gasteiger partial charge in [-0.3, -0.25) is 4.79 Å². The molecule has 4 aromatic rings. The number of alkyl halides is 3. The highest BCUT2D eigenvalue weighted by atomic mass is 35.5. The van der Waals surface area contributed by atoms with Crippen molar-refractivity contribution in [1.82, 2.24) is 9.97 Å². The Morgan fingerprint density at radius 1 is 1.16 bits per heavy atom. The highest BCUT2D eigenvalue weighted by Gasteiger charge is 2.30. The number of nitriles is 1. The number of rotatable bonds is 3. The molecule has 0 aliphatic heterocycles. The van der Waals surface area contributed by atoms with Gasteiger partial charge in [-0.2, -0.15) is 18.4 Å². The van der Waals surface area contributed by atoms with Crippen LogP contribution >= 0.6 is 11.6 Å². The molecule has 0 amide bonds. The van der Waals surface area contributed by atoms with E-state index in [0.29, 0.717) is 10.5 Å². The maximum Gasteiger partial charge on any atom is 0.416 e. The number of hydrogen-bond acceptors (Lipinski definition) is 4. The smallest absolute Gasteiger partial charge is 0.416 e. The minimum atomic E-state index is -4.48. The van der Waals surface area contributed by atoms with Crippen molar-refractivity contribution in [3.05, 3.63) is 87.1 Å². The molecule has 0 atom stereocenters. The zero-order valence-electron chi connectivity index (χ0n) is 15.5. The van der Waals surface area contributed by atoms with Crippen LogP contribution in [-0.2, 0) is 6.18 Å². The summed E-state index contributed by atoms with van der Waals surface area (Å²) < 4.78 is 44.4. The maximum atomic E-state index is 12.9. The van der Waals surface area contributed by atoms with E-state index in [1.807, 2.05) is 6.07 Å². The fourth-order valence-electron chi connectivity index (χ4n) is 2.97. The largest absolute Gasteiger partial charge is 0.457 e. The average molecular weight is 442 g/mol. The van der Waals surface area contributed by atoms with Crippen molar-refractivity contribution in [3.8, 4) is 17.4 Å². The van der Waals surface area contributed by atoms with E-state index < -0.39 is 17.3 Å². The maximum absolute atomic E-state index is 12.9. The van der Waals surface area contributed by atoms with Crippen molar-refractivity contribution >= 4 is 34.2 Å². The van der Waals surface area contributed by atoms with Crippen LogP contribution in [0.15, 0.2) is 63.8 Å². The van der Waals surface area contributed by atoms with E-state index in [0.717, 1.165) is 12.1 Å². The van der Waals surface area contributed by atoms with Gasteiger partial charge in [0.15, 0.2) is 5.82 Å². The summed E-state index contributed by atoms with van der Waals surface area (Å²) in [5, 5.41) is 10.2. The quantitative estimate of drug-likeness (QED) is 0.400. The summed E-state index contributed by atoms with van der Waals surface area (Å²) in [6.45, 7) is 0. The van der Waals surface area contributed by atoms with E-state index in [1.54, 1.807) is 12.1 Å². The molecule has 5 nitrogen and oxygen atoms in total. The van der Waals surface area contributed by atoms with Gasteiger partial charge in [0.25, 0.3) is 5.56 Å². The summed E-state index contributed by atoms with van der Waals surface area (Å²) in [6, 6.07) is 14.3. The zero-order chi connectivity index (χ0) is 22.2. The molecule has 0 fully saturated rings. The number of furan rings is 1. The Bertz CT molecular complexity index is 1430. The third kappa shape index (κ3) is 4.22. The third-order valence-electron chi connectivity index (χ3n) is 4.43. The fourth-order valence-corrected chi connectivity index (χ4v) is 3.14. The van der Waals surface area contributed by atoms with Crippen LogP contribution in [0, 0.1) is 11.3 Å². The van der Waals surface area contributed by atoms with Gasteiger partial charge in [-0.25, -0.2) is 4.98 Å². The van der Waals surface area contributed by atoms with Gasteiger partial charge in [-0.1, -0.05) is 23.7 Å². The van der Waals surface area contributed by atoms with Gasteiger partial charge in [-0.15, -0.1) is 0 Å². The van der Waals surface area contributed by atoms with Gasteiger partial charge >= 0.3 is 6.18 Å². The van der Waals surface area contributed by atoms with E-state index in [-0.39, 0.29) is 33.9 Å². The molecule has 0 saturated carbocycles. The van der Waals surface area contributed by atoms with Gasteiger partial charge < -0.3 is 9.40 Å². The first kappa shape index (κ1) is 20.4. The number of benzene rings is 2. The first-order valence-corrected chi connectivity index (χ1v) is 9.21. The van der Waals surface area contributed by atoms with Crippen LogP contribution in [0.1, 0.15) is 17.1 Å². The first-order chi connectivity index (χ1) is 14.7. The molecule has 1 N–H and O–H groups in total. The number of hydrogen-bond donors (Lipinski definition) is 1. The fraction of sp³-hybridized carbons (Fsp3) is 0.0455. The SMILES string of the molecule is N#CC(=Cc1ccc(-c2cccc(C(F)(F)F)c2)o1)c1nc2ccc(Cl)cc2c(=O)[nH]1. The van der Waals surface area contributed by atoms with Crippen LogP contribution in [0.4, 0.5) is 13.2 Å². The minimum Gasteiger partial charge on any atom is -0.457 e. The molecule has 31 heavy (non-hydrogen) atoms. The number of nitrogens with zero attached hydrogens (tertiary/aromatic N) is 2. The van der Waals surface area contributed by atoms with Crippen LogP contribution in [0.5, 0.6) is 0 Å². The topological polar surface area (TPSA) is 82.7 Å². The lowest BCUT2D eigenvalue weighted by molar-refractivity contribution is -0.137. The Kier molecular flexibility index (Phi) is 5.13. The molecule has 0 aliphatic rings. The summed E-state index contributed by atoms with van der Waals surface area (Å²) in [7, 11) is 0.